The summed E-state index contributed by atoms with van der Waals surface area (Å²) in [5, 5.41) is 2.88. The van der Waals surface area contributed by atoms with Crippen molar-refractivity contribution in [3.8, 4) is 0 Å². The van der Waals surface area contributed by atoms with E-state index in [0.29, 0.717) is 13.1 Å². The Labute approximate surface area is 85.2 Å². The van der Waals surface area contributed by atoms with Crippen molar-refractivity contribution in [2.24, 2.45) is 11.1 Å². The smallest absolute Gasteiger partial charge is 0.227 e. The van der Waals surface area contributed by atoms with E-state index in [1.807, 2.05) is 6.92 Å². The van der Waals surface area contributed by atoms with Crippen LogP contribution in [-0.2, 0) is 9.53 Å². The van der Waals surface area contributed by atoms with Crippen LogP contribution in [0.5, 0.6) is 0 Å². The first-order valence-corrected chi connectivity index (χ1v) is 5.16. The van der Waals surface area contributed by atoms with Gasteiger partial charge in [0.2, 0.25) is 5.91 Å². The second-order valence-electron chi connectivity index (χ2n) is 4.09. The minimum absolute atomic E-state index is 0.0638. The molecular formula is C10H20N2O2. The monoisotopic (exact) mass is 200 g/mol. The van der Waals surface area contributed by atoms with Crippen molar-refractivity contribution in [3.63, 3.8) is 0 Å². The lowest BCUT2D eigenvalue weighted by molar-refractivity contribution is -0.135. The van der Waals surface area contributed by atoms with Gasteiger partial charge in [0.1, 0.15) is 0 Å². The van der Waals surface area contributed by atoms with Crippen molar-refractivity contribution < 1.29 is 9.53 Å². The molecule has 1 amide bonds. The summed E-state index contributed by atoms with van der Waals surface area (Å²) in [5.41, 5.74) is 5.35. The summed E-state index contributed by atoms with van der Waals surface area (Å²) in [6.07, 6.45) is 3.03. The molecular weight excluding hydrogens is 180 g/mol. The maximum Gasteiger partial charge on any atom is 0.227 e. The number of ether oxygens (including phenoxy) is 1. The molecule has 0 bridgehead atoms. The molecule has 0 aromatic heterocycles. The van der Waals surface area contributed by atoms with E-state index in [4.69, 9.17) is 10.5 Å². The summed E-state index contributed by atoms with van der Waals surface area (Å²) < 4.78 is 5.05. The van der Waals surface area contributed by atoms with E-state index in [1.165, 1.54) is 0 Å². The Morgan fingerprint density at radius 2 is 2.29 bits per heavy atom. The molecule has 1 saturated carbocycles. The number of methoxy groups -OCH3 is 1. The van der Waals surface area contributed by atoms with Crippen LogP contribution in [0.4, 0.5) is 0 Å². The van der Waals surface area contributed by atoms with Crippen LogP contribution in [0.2, 0.25) is 0 Å². The Bertz CT molecular complexity index is 197. The van der Waals surface area contributed by atoms with Gasteiger partial charge in [0, 0.05) is 20.2 Å². The zero-order chi connectivity index (χ0) is 10.6. The van der Waals surface area contributed by atoms with Crippen molar-refractivity contribution >= 4 is 5.91 Å². The normalized spacial score (nSPS) is 21.1. The maximum atomic E-state index is 11.8. The van der Waals surface area contributed by atoms with Crippen LogP contribution in [0.3, 0.4) is 0 Å². The fourth-order valence-electron chi connectivity index (χ4n) is 1.63. The first kappa shape index (κ1) is 11.5. The van der Waals surface area contributed by atoms with Gasteiger partial charge in [-0.1, -0.05) is 6.42 Å². The van der Waals surface area contributed by atoms with Crippen LogP contribution >= 0.6 is 0 Å². The molecule has 1 unspecified atom stereocenters. The zero-order valence-corrected chi connectivity index (χ0v) is 9.01. The van der Waals surface area contributed by atoms with Crippen molar-refractivity contribution in [2.45, 2.75) is 32.3 Å². The summed E-state index contributed by atoms with van der Waals surface area (Å²) >= 11 is 0. The Balaban J connectivity index is 2.34. The maximum absolute atomic E-state index is 11.8. The highest BCUT2D eigenvalue weighted by atomic mass is 16.5. The molecule has 0 radical (unpaired) electrons. The lowest BCUT2D eigenvalue weighted by Gasteiger charge is -2.39. The summed E-state index contributed by atoms with van der Waals surface area (Å²) in [5.74, 6) is 0.0927. The summed E-state index contributed by atoms with van der Waals surface area (Å²) in [7, 11) is 1.64. The molecule has 1 aliphatic carbocycles. The highest BCUT2D eigenvalue weighted by molar-refractivity contribution is 5.83. The van der Waals surface area contributed by atoms with Crippen molar-refractivity contribution in [1.29, 1.82) is 0 Å². The SMILES string of the molecule is COC(C)CNC(=O)C1(CN)CCC1. The summed E-state index contributed by atoms with van der Waals surface area (Å²) in [6.45, 7) is 2.95. The van der Waals surface area contributed by atoms with Gasteiger partial charge in [-0.15, -0.1) is 0 Å². The predicted molar refractivity (Wildman–Crippen MR) is 54.8 cm³/mol. The van der Waals surface area contributed by atoms with Crippen LogP contribution in [-0.4, -0.2) is 32.2 Å². The van der Waals surface area contributed by atoms with E-state index in [-0.39, 0.29) is 17.4 Å². The largest absolute Gasteiger partial charge is 0.380 e. The highest BCUT2D eigenvalue weighted by Gasteiger charge is 2.42. The van der Waals surface area contributed by atoms with E-state index in [0.717, 1.165) is 19.3 Å². The molecule has 3 N–H and O–H groups in total. The number of carbonyl (C=O) groups excluding carboxylic acids is 1. The van der Waals surface area contributed by atoms with Gasteiger partial charge in [-0.2, -0.15) is 0 Å². The molecule has 0 saturated heterocycles. The number of hydrogen-bond donors (Lipinski definition) is 2. The Morgan fingerprint density at radius 1 is 1.64 bits per heavy atom. The number of nitrogens with two attached hydrogens (primary N) is 1. The lowest BCUT2D eigenvalue weighted by atomic mass is 9.68. The van der Waals surface area contributed by atoms with E-state index in [1.54, 1.807) is 7.11 Å². The Hall–Kier alpha value is -0.610. The lowest BCUT2D eigenvalue weighted by Crippen LogP contribution is -2.51. The quantitative estimate of drug-likeness (QED) is 0.669. The average molecular weight is 200 g/mol. The zero-order valence-electron chi connectivity index (χ0n) is 9.01. The molecule has 1 aliphatic rings. The third kappa shape index (κ3) is 2.25. The molecule has 1 rings (SSSR count). The molecule has 1 fully saturated rings. The first-order chi connectivity index (χ1) is 6.64. The standard InChI is InChI=1S/C10H20N2O2/c1-8(14-2)6-12-9(13)10(7-11)4-3-5-10/h8H,3-7,11H2,1-2H3,(H,12,13). The van der Waals surface area contributed by atoms with Crippen LogP contribution in [0.15, 0.2) is 0 Å². The van der Waals surface area contributed by atoms with Crippen LogP contribution < -0.4 is 11.1 Å². The van der Waals surface area contributed by atoms with E-state index in [2.05, 4.69) is 5.32 Å². The molecule has 82 valence electrons. The number of hydrogen-bond acceptors (Lipinski definition) is 3. The van der Waals surface area contributed by atoms with Crippen molar-refractivity contribution in [2.75, 3.05) is 20.2 Å². The molecule has 0 aromatic carbocycles. The van der Waals surface area contributed by atoms with Gasteiger partial charge >= 0.3 is 0 Å². The van der Waals surface area contributed by atoms with Gasteiger partial charge in [-0.25, -0.2) is 0 Å². The van der Waals surface area contributed by atoms with E-state index in [9.17, 15) is 4.79 Å². The molecule has 0 aromatic rings. The summed E-state index contributed by atoms with van der Waals surface area (Å²) in [4.78, 5) is 11.8. The van der Waals surface area contributed by atoms with Crippen molar-refractivity contribution in [1.82, 2.24) is 5.32 Å². The minimum atomic E-state index is -0.270. The van der Waals surface area contributed by atoms with Crippen LogP contribution in [0.1, 0.15) is 26.2 Å². The fraction of sp³-hybridized carbons (Fsp3) is 0.900. The number of rotatable bonds is 5. The molecule has 14 heavy (non-hydrogen) atoms. The number of amides is 1. The van der Waals surface area contributed by atoms with Crippen LogP contribution in [0.25, 0.3) is 0 Å². The molecule has 4 nitrogen and oxygen atoms in total. The van der Waals surface area contributed by atoms with Crippen molar-refractivity contribution in [3.05, 3.63) is 0 Å². The van der Waals surface area contributed by atoms with Gasteiger partial charge in [0.25, 0.3) is 0 Å². The highest BCUT2D eigenvalue weighted by Crippen LogP contribution is 2.39. The second-order valence-corrected chi connectivity index (χ2v) is 4.09. The third-order valence-electron chi connectivity index (χ3n) is 3.14. The van der Waals surface area contributed by atoms with E-state index >= 15 is 0 Å². The topological polar surface area (TPSA) is 64.3 Å². The first-order valence-electron chi connectivity index (χ1n) is 5.16. The van der Waals surface area contributed by atoms with Gasteiger partial charge < -0.3 is 15.8 Å². The molecule has 0 heterocycles. The van der Waals surface area contributed by atoms with Gasteiger partial charge in [0.15, 0.2) is 0 Å². The fourth-order valence-corrected chi connectivity index (χ4v) is 1.63. The van der Waals surface area contributed by atoms with Gasteiger partial charge in [-0.3, -0.25) is 4.79 Å². The third-order valence-corrected chi connectivity index (χ3v) is 3.14. The molecule has 0 spiro atoms. The average Bonchev–Trinajstić information content (AvgIpc) is 2.13. The van der Waals surface area contributed by atoms with Gasteiger partial charge in [-0.05, 0) is 19.8 Å². The Kier molecular flexibility index (Phi) is 3.89. The molecule has 0 aliphatic heterocycles. The van der Waals surface area contributed by atoms with E-state index < -0.39 is 0 Å². The number of nitrogens with one attached hydrogen (secondary N) is 1. The number of carbonyl (C=O) groups is 1. The predicted octanol–water partition coefficient (Wildman–Crippen LogP) is 0.267. The minimum Gasteiger partial charge on any atom is -0.380 e. The molecule has 4 heteroatoms. The van der Waals surface area contributed by atoms with Crippen LogP contribution in [0, 0.1) is 5.41 Å². The Morgan fingerprint density at radius 3 is 2.64 bits per heavy atom. The second kappa shape index (κ2) is 4.75. The molecule has 1 atom stereocenters. The van der Waals surface area contributed by atoms with Gasteiger partial charge in [0.05, 0.1) is 11.5 Å². The summed E-state index contributed by atoms with van der Waals surface area (Å²) in [6, 6.07) is 0.